The standard InChI is InChI=1S/C10H22N2O2S/c1-9(2)4-5-12-10(13)8-11-6-7-15(3)14/h9,11H,4-8H2,1-3H3,(H,12,13). The molecule has 0 aromatic carbocycles. The molecule has 90 valence electrons. The van der Waals surface area contributed by atoms with Gasteiger partial charge in [-0.1, -0.05) is 13.8 Å². The van der Waals surface area contributed by atoms with E-state index in [2.05, 4.69) is 24.5 Å². The van der Waals surface area contributed by atoms with Gasteiger partial charge in [-0.05, 0) is 12.3 Å². The molecule has 1 amide bonds. The second-order valence-electron chi connectivity index (χ2n) is 3.99. The summed E-state index contributed by atoms with van der Waals surface area (Å²) in [4.78, 5) is 11.2. The van der Waals surface area contributed by atoms with Crippen molar-refractivity contribution in [2.24, 2.45) is 5.92 Å². The Labute approximate surface area is 94.7 Å². The van der Waals surface area contributed by atoms with Gasteiger partial charge in [-0.25, -0.2) is 0 Å². The van der Waals surface area contributed by atoms with E-state index in [9.17, 15) is 9.00 Å². The number of carbonyl (C=O) groups excluding carboxylic acids is 1. The third-order valence-electron chi connectivity index (χ3n) is 1.90. The zero-order chi connectivity index (χ0) is 11.7. The van der Waals surface area contributed by atoms with Gasteiger partial charge in [-0.2, -0.15) is 0 Å². The molecule has 0 spiro atoms. The van der Waals surface area contributed by atoms with Crippen molar-refractivity contribution in [1.29, 1.82) is 0 Å². The number of carbonyl (C=O) groups is 1. The minimum Gasteiger partial charge on any atom is -0.355 e. The number of hydrogen-bond donors (Lipinski definition) is 2. The molecule has 0 saturated carbocycles. The predicted molar refractivity (Wildman–Crippen MR) is 64.3 cm³/mol. The summed E-state index contributed by atoms with van der Waals surface area (Å²) in [5, 5.41) is 5.77. The van der Waals surface area contributed by atoms with Crippen molar-refractivity contribution in [2.75, 3.05) is 31.6 Å². The Kier molecular flexibility index (Phi) is 8.61. The van der Waals surface area contributed by atoms with Crippen LogP contribution in [0, 0.1) is 5.92 Å². The molecule has 0 aromatic heterocycles. The van der Waals surface area contributed by atoms with E-state index in [-0.39, 0.29) is 5.91 Å². The SMILES string of the molecule is CC(C)CCNC(=O)CNCCS(C)=O. The number of amides is 1. The summed E-state index contributed by atoms with van der Waals surface area (Å²) in [5.41, 5.74) is 0. The van der Waals surface area contributed by atoms with Gasteiger partial charge in [-0.15, -0.1) is 0 Å². The summed E-state index contributed by atoms with van der Waals surface area (Å²) >= 11 is 0. The molecule has 0 saturated heterocycles. The first-order valence-electron chi connectivity index (χ1n) is 5.29. The molecule has 0 fully saturated rings. The van der Waals surface area contributed by atoms with Gasteiger partial charge in [0.2, 0.25) is 5.91 Å². The molecule has 0 heterocycles. The van der Waals surface area contributed by atoms with E-state index in [4.69, 9.17) is 0 Å². The second-order valence-corrected chi connectivity index (χ2v) is 5.54. The van der Waals surface area contributed by atoms with Gasteiger partial charge < -0.3 is 10.6 Å². The number of nitrogens with one attached hydrogen (secondary N) is 2. The fourth-order valence-corrected chi connectivity index (χ4v) is 1.41. The van der Waals surface area contributed by atoms with Crippen molar-refractivity contribution in [3.63, 3.8) is 0 Å². The quantitative estimate of drug-likeness (QED) is 0.586. The summed E-state index contributed by atoms with van der Waals surface area (Å²) < 4.78 is 10.7. The monoisotopic (exact) mass is 234 g/mol. The second kappa shape index (κ2) is 8.85. The molecule has 0 aromatic rings. The Morgan fingerprint density at radius 2 is 2.00 bits per heavy atom. The molecule has 0 aliphatic rings. The van der Waals surface area contributed by atoms with Gasteiger partial charge >= 0.3 is 0 Å². The largest absolute Gasteiger partial charge is 0.355 e. The minimum absolute atomic E-state index is 0.0116. The molecule has 5 heteroatoms. The summed E-state index contributed by atoms with van der Waals surface area (Å²) in [6, 6.07) is 0. The van der Waals surface area contributed by atoms with Gasteiger partial charge in [0.15, 0.2) is 0 Å². The molecule has 1 unspecified atom stereocenters. The van der Waals surface area contributed by atoms with E-state index >= 15 is 0 Å². The van der Waals surface area contributed by atoms with Crippen molar-refractivity contribution in [3.05, 3.63) is 0 Å². The van der Waals surface area contributed by atoms with E-state index in [0.717, 1.165) is 13.0 Å². The Morgan fingerprint density at radius 1 is 1.33 bits per heavy atom. The molecule has 15 heavy (non-hydrogen) atoms. The first-order chi connectivity index (χ1) is 7.02. The first kappa shape index (κ1) is 14.6. The van der Waals surface area contributed by atoms with Crippen LogP contribution in [-0.2, 0) is 15.6 Å². The van der Waals surface area contributed by atoms with Gasteiger partial charge in [-0.3, -0.25) is 9.00 Å². The molecule has 1 atom stereocenters. The topological polar surface area (TPSA) is 58.2 Å². The zero-order valence-corrected chi connectivity index (χ0v) is 10.7. The van der Waals surface area contributed by atoms with Crippen molar-refractivity contribution in [1.82, 2.24) is 10.6 Å². The highest BCUT2D eigenvalue weighted by Gasteiger charge is 2.00. The van der Waals surface area contributed by atoms with E-state index < -0.39 is 10.8 Å². The highest BCUT2D eigenvalue weighted by Crippen LogP contribution is 1.95. The summed E-state index contributed by atoms with van der Waals surface area (Å²) in [5.74, 6) is 1.22. The van der Waals surface area contributed by atoms with Gasteiger partial charge in [0.05, 0.1) is 6.54 Å². The lowest BCUT2D eigenvalue weighted by atomic mass is 10.1. The minimum atomic E-state index is -0.786. The summed E-state index contributed by atoms with van der Waals surface area (Å²) in [7, 11) is -0.786. The lowest BCUT2D eigenvalue weighted by Crippen LogP contribution is -2.36. The first-order valence-corrected chi connectivity index (χ1v) is 7.02. The van der Waals surface area contributed by atoms with Gasteiger partial charge in [0.1, 0.15) is 0 Å². The Balaban J connectivity index is 3.30. The zero-order valence-electron chi connectivity index (χ0n) is 9.84. The molecule has 0 aliphatic heterocycles. The number of hydrogen-bond acceptors (Lipinski definition) is 3. The van der Waals surface area contributed by atoms with Gasteiger partial charge in [0, 0.05) is 35.9 Å². The van der Waals surface area contributed by atoms with Crippen LogP contribution >= 0.6 is 0 Å². The average molecular weight is 234 g/mol. The molecule has 4 nitrogen and oxygen atoms in total. The molecule has 0 rings (SSSR count). The average Bonchev–Trinajstić information content (AvgIpc) is 2.11. The lowest BCUT2D eigenvalue weighted by molar-refractivity contribution is -0.120. The Morgan fingerprint density at radius 3 is 2.53 bits per heavy atom. The smallest absolute Gasteiger partial charge is 0.233 e. The van der Waals surface area contributed by atoms with E-state index in [1.807, 2.05) is 0 Å². The van der Waals surface area contributed by atoms with Crippen LogP contribution in [0.5, 0.6) is 0 Å². The van der Waals surface area contributed by atoms with E-state index in [0.29, 0.717) is 24.8 Å². The maximum atomic E-state index is 11.2. The van der Waals surface area contributed by atoms with Crippen LogP contribution in [-0.4, -0.2) is 41.8 Å². The predicted octanol–water partition coefficient (Wildman–Crippen LogP) is 0.117. The number of rotatable bonds is 8. The summed E-state index contributed by atoms with van der Waals surface area (Å²) in [6.07, 6.45) is 2.66. The molecule has 0 radical (unpaired) electrons. The van der Waals surface area contributed by atoms with Crippen LogP contribution in [0.2, 0.25) is 0 Å². The Hall–Kier alpha value is -0.420. The van der Waals surface area contributed by atoms with E-state index in [1.165, 1.54) is 0 Å². The Bertz CT molecular complexity index is 208. The maximum absolute atomic E-state index is 11.2. The van der Waals surface area contributed by atoms with Crippen LogP contribution < -0.4 is 10.6 Å². The van der Waals surface area contributed by atoms with E-state index in [1.54, 1.807) is 6.26 Å². The molecular weight excluding hydrogens is 212 g/mol. The van der Waals surface area contributed by atoms with Crippen molar-refractivity contribution in [2.45, 2.75) is 20.3 Å². The molecule has 0 bridgehead atoms. The van der Waals surface area contributed by atoms with Crippen LogP contribution in [0.4, 0.5) is 0 Å². The van der Waals surface area contributed by atoms with Crippen molar-refractivity contribution in [3.8, 4) is 0 Å². The van der Waals surface area contributed by atoms with Crippen molar-refractivity contribution >= 4 is 16.7 Å². The molecule has 2 N–H and O–H groups in total. The van der Waals surface area contributed by atoms with Crippen LogP contribution in [0.1, 0.15) is 20.3 Å². The maximum Gasteiger partial charge on any atom is 0.233 e. The molecular formula is C10H22N2O2S. The van der Waals surface area contributed by atoms with Crippen LogP contribution in [0.3, 0.4) is 0 Å². The van der Waals surface area contributed by atoms with Crippen LogP contribution in [0.25, 0.3) is 0 Å². The fraction of sp³-hybridized carbons (Fsp3) is 0.900. The normalized spacial score (nSPS) is 12.8. The van der Waals surface area contributed by atoms with Crippen LogP contribution in [0.15, 0.2) is 0 Å². The van der Waals surface area contributed by atoms with Gasteiger partial charge in [0.25, 0.3) is 0 Å². The lowest BCUT2D eigenvalue weighted by Gasteiger charge is -2.07. The highest BCUT2D eigenvalue weighted by molar-refractivity contribution is 7.84. The van der Waals surface area contributed by atoms with Crippen molar-refractivity contribution < 1.29 is 9.00 Å². The third kappa shape index (κ3) is 11.5. The molecule has 0 aliphatic carbocycles. The highest BCUT2D eigenvalue weighted by atomic mass is 32.2. The summed E-state index contributed by atoms with van der Waals surface area (Å²) in [6.45, 7) is 5.93. The third-order valence-corrected chi connectivity index (χ3v) is 2.67. The fourth-order valence-electron chi connectivity index (χ4n) is 0.981.